The number of ether oxygens (including phenoxy) is 2. The second kappa shape index (κ2) is 71.1. The topological polar surface area (TPSA) is 111 Å². The number of nitrogens with zero attached hydrogens (tertiary/aromatic N) is 1. The number of hydrogen-bond donors (Lipinski definition) is 0. The summed E-state index contributed by atoms with van der Waals surface area (Å²) in [7, 11) is 1.09. The fraction of sp³-hybridized carbons (Fsp3) is 0.500. The van der Waals surface area contributed by atoms with Crippen LogP contribution in [0.2, 0.25) is 0 Å². The minimum absolute atomic E-state index is 0.0554. The van der Waals surface area contributed by atoms with Crippen LogP contribution < -0.4 is 4.89 Å². The lowest BCUT2D eigenvalue weighted by atomic mass is 10.1. The highest BCUT2D eigenvalue weighted by Crippen LogP contribution is 2.38. The van der Waals surface area contributed by atoms with Crippen LogP contribution in [0.25, 0.3) is 0 Å². The molecule has 0 saturated heterocycles. The molecule has 0 aromatic rings. The van der Waals surface area contributed by atoms with Crippen LogP contribution in [0.1, 0.15) is 219 Å². The standard InChI is InChI=1S/C84H128NO8P/c1-6-8-10-12-14-16-18-20-22-24-26-28-30-32-34-36-38-39-40-41-42-43-44-45-47-49-51-53-55-57-59-61-63-65-67-69-71-73-75-77-84(87)93-82(81-92-94(88,89)91-79-78-85(3,4)5)80-90-83(86)76-74-72-70-68-66-64-62-60-58-56-54-52-50-48-46-37-35-33-31-29-27-25-23-21-19-17-15-13-11-9-7-2/h8-11,14-17,20-23,26-29,32-35,38-39,41-42,44-46,48-49,51-52,54-55,57-58,60-61,63-64,66,82H,6-7,12-13,18-19,24-25,30-31,36-37,40,43,47,50,53,56,59,62,65,67-81H2,1-5H3/b10-8-,11-9-,16-14-,17-15-,22-20-,23-21-,28-26-,29-27-,34-32-,35-33-,39-38-,42-41-,45-44-,48-46-,51-49-,54-52-,57-55-,60-58-,63-61-,66-64-. The van der Waals surface area contributed by atoms with Crippen molar-refractivity contribution < 1.29 is 42.1 Å². The number of hydrogen-bond acceptors (Lipinski definition) is 8. The minimum atomic E-state index is -4.68. The Balaban J connectivity index is 4.27. The zero-order chi connectivity index (χ0) is 68.3. The van der Waals surface area contributed by atoms with Crippen LogP contribution >= 0.6 is 7.82 Å². The molecule has 0 aliphatic heterocycles. The molecule has 0 aromatic heterocycles. The number of rotatable bonds is 62. The quantitative estimate of drug-likeness (QED) is 0.0195. The maximum Gasteiger partial charge on any atom is 0.306 e. The van der Waals surface area contributed by atoms with Crippen LogP contribution in [0.5, 0.6) is 0 Å². The van der Waals surface area contributed by atoms with Crippen molar-refractivity contribution in [2.75, 3.05) is 47.5 Å². The first-order chi connectivity index (χ1) is 46.0. The molecule has 0 heterocycles. The molecular weight excluding hydrogens is 1180 g/mol. The van der Waals surface area contributed by atoms with Crippen molar-refractivity contribution >= 4 is 19.8 Å². The van der Waals surface area contributed by atoms with Crippen molar-refractivity contribution in [3.63, 3.8) is 0 Å². The zero-order valence-corrected chi connectivity index (χ0v) is 60.2. The number of allylic oxidation sites excluding steroid dienone is 40. The van der Waals surface area contributed by atoms with Crippen molar-refractivity contribution in [3.05, 3.63) is 243 Å². The second-order valence-electron chi connectivity index (χ2n) is 23.8. The normalized spacial score (nSPS) is 14.6. The third kappa shape index (κ3) is 74.8. The average molecular weight is 1310 g/mol. The highest BCUT2D eigenvalue weighted by atomic mass is 31.2. The number of unbranched alkanes of at least 4 members (excludes halogenated alkanes) is 8. The van der Waals surface area contributed by atoms with Gasteiger partial charge in [0.2, 0.25) is 0 Å². The van der Waals surface area contributed by atoms with E-state index in [-0.39, 0.29) is 26.1 Å². The summed E-state index contributed by atoms with van der Waals surface area (Å²) < 4.78 is 34.2. The van der Waals surface area contributed by atoms with Crippen molar-refractivity contribution in [2.45, 2.75) is 225 Å². The number of quaternary nitrogens is 1. The van der Waals surface area contributed by atoms with Crippen molar-refractivity contribution in [1.29, 1.82) is 0 Å². The largest absolute Gasteiger partial charge is 0.756 e. The van der Waals surface area contributed by atoms with Crippen LogP contribution in [0, 0.1) is 0 Å². The van der Waals surface area contributed by atoms with Crippen LogP contribution in [0.3, 0.4) is 0 Å². The number of carbonyl (C=O) groups is 2. The van der Waals surface area contributed by atoms with Gasteiger partial charge in [-0.2, -0.15) is 0 Å². The fourth-order valence-electron chi connectivity index (χ4n) is 8.47. The summed E-state index contributed by atoms with van der Waals surface area (Å²) in [4.78, 5) is 38.1. The highest BCUT2D eigenvalue weighted by molar-refractivity contribution is 7.45. The molecule has 2 atom stereocenters. The second-order valence-corrected chi connectivity index (χ2v) is 25.2. The molecule has 0 radical (unpaired) electrons. The van der Waals surface area contributed by atoms with Gasteiger partial charge in [-0.15, -0.1) is 0 Å². The Kier molecular flexibility index (Phi) is 66.4. The Morgan fingerprint density at radius 1 is 0.330 bits per heavy atom. The Labute approximate surface area is 574 Å². The molecule has 0 N–H and O–H groups in total. The summed E-state index contributed by atoms with van der Waals surface area (Å²) in [5, 5.41) is 0. The van der Waals surface area contributed by atoms with E-state index in [1.807, 2.05) is 21.1 Å². The summed E-state index contributed by atoms with van der Waals surface area (Å²) in [6.07, 6.45) is 117. The van der Waals surface area contributed by atoms with E-state index in [2.05, 4.69) is 257 Å². The Morgan fingerprint density at radius 3 is 0.862 bits per heavy atom. The van der Waals surface area contributed by atoms with Gasteiger partial charge in [-0.25, -0.2) is 0 Å². The Hall–Kier alpha value is -6.19. The van der Waals surface area contributed by atoms with E-state index >= 15 is 0 Å². The maximum atomic E-state index is 12.9. The molecule has 0 rings (SSSR count). The van der Waals surface area contributed by atoms with Crippen molar-refractivity contribution in [1.82, 2.24) is 0 Å². The first-order valence-electron chi connectivity index (χ1n) is 35.7. The van der Waals surface area contributed by atoms with E-state index in [1.165, 1.54) is 0 Å². The third-order valence-electron chi connectivity index (χ3n) is 13.9. The van der Waals surface area contributed by atoms with Gasteiger partial charge in [0.25, 0.3) is 7.82 Å². The molecule has 0 saturated carbocycles. The van der Waals surface area contributed by atoms with Gasteiger partial charge in [0.1, 0.15) is 19.8 Å². The molecule has 94 heavy (non-hydrogen) atoms. The summed E-state index contributed by atoms with van der Waals surface area (Å²) in [5.41, 5.74) is 0. The molecule has 0 spiro atoms. The van der Waals surface area contributed by atoms with E-state index in [1.54, 1.807) is 0 Å². The smallest absolute Gasteiger partial charge is 0.306 e. The number of carbonyl (C=O) groups excluding carboxylic acids is 2. The van der Waals surface area contributed by atoms with Crippen LogP contribution in [-0.2, 0) is 32.7 Å². The minimum Gasteiger partial charge on any atom is -0.756 e. The first-order valence-corrected chi connectivity index (χ1v) is 37.2. The lowest BCUT2D eigenvalue weighted by Crippen LogP contribution is -2.37. The maximum absolute atomic E-state index is 12.9. The predicted octanol–water partition coefficient (Wildman–Crippen LogP) is 23.3. The van der Waals surface area contributed by atoms with Crippen molar-refractivity contribution in [3.8, 4) is 0 Å². The van der Waals surface area contributed by atoms with Gasteiger partial charge in [-0.05, 0) is 167 Å². The summed E-state index contributed by atoms with van der Waals surface area (Å²) in [6, 6.07) is 0. The monoisotopic (exact) mass is 1310 g/mol. The Morgan fingerprint density at radius 2 is 0.574 bits per heavy atom. The predicted molar refractivity (Wildman–Crippen MR) is 405 cm³/mol. The number of phosphoric ester groups is 1. The zero-order valence-electron chi connectivity index (χ0n) is 59.3. The highest BCUT2D eigenvalue weighted by Gasteiger charge is 2.22. The fourth-order valence-corrected chi connectivity index (χ4v) is 9.20. The van der Waals surface area contributed by atoms with Crippen LogP contribution in [0.15, 0.2) is 243 Å². The molecule has 0 aromatic carbocycles. The third-order valence-corrected chi connectivity index (χ3v) is 14.8. The SMILES string of the molecule is CC/C=C\C/C=C\C/C=C\C/C=C\C/C=C\C/C=C\C/C=C\C/C=C\C/C=C\C/C=C\C/C=C\CCCCCCCC(=O)OC(COC(=O)CCCCC/C=C\C/C=C\C/C=C\C/C=C\C/C=C\C/C=C\C/C=C\C/C=C\C/C=C\CC)COP(=O)([O-])OCC[N+](C)(C)C. The number of phosphoric acid groups is 1. The van der Waals surface area contributed by atoms with E-state index in [0.717, 1.165) is 180 Å². The van der Waals surface area contributed by atoms with Gasteiger partial charge in [0, 0.05) is 12.8 Å². The molecule has 0 amide bonds. The molecule has 0 fully saturated rings. The molecule has 522 valence electrons. The van der Waals surface area contributed by atoms with Gasteiger partial charge in [0.05, 0.1) is 27.7 Å². The summed E-state index contributed by atoms with van der Waals surface area (Å²) >= 11 is 0. The Bertz CT molecular complexity index is 2490. The molecule has 2 unspecified atom stereocenters. The molecule has 10 heteroatoms. The first kappa shape index (κ1) is 87.8. The molecule has 0 aliphatic carbocycles. The lowest BCUT2D eigenvalue weighted by molar-refractivity contribution is -0.870. The molecule has 0 aliphatic rings. The van der Waals surface area contributed by atoms with Gasteiger partial charge < -0.3 is 27.9 Å². The van der Waals surface area contributed by atoms with Gasteiger partial charge in [-0.3, -0.25) is 14.2 Å². The van der Waals surface area contributed by atoms with E-state index in [4.69, 9.17) is 18.5 Å². The molecular formula is C84H128NO8P. The van der Waals surface area contributed by atoms with Gasteiger partial charge in [-0.1, -0.05) is 283 Å². The number of likely N-dealkylation sites (N-methyl/N-ethyl adjacent to an activating group) is 1. The summed E-state index contributed by atoms with van der Waals surface area (Å²) in [6.45, 7) is 3.91. The van der Waals surface area contributed by atoms with Crippen LogP contribution in [-0.4, -0.2) is 70.0 Å². The van der Waals surface area contributed by atoms with E-state index in [0.29, 0.717) is 23.9 Å². The van der Waals surface area contributed by atoms with Crippen molar-refractivity contribution in [2.24, 2.45) is 0 Å². The summed E-state index contributed by atoms with van der Waals surface area (Å²) in [5.74, 6) is -0.917. The lowest BCUT2D eigenvalue weighted by Gasteiger charge is -2.28. The van der Waals surface area contributed by atoms with E-state index in [9.17, 15) is 19.0 Å². The van der Waals surface area contributed by atoms with Gasteiger partial charge >= 0.3 is 11.9 Å². The van der Waals surface area contributed by atoms with Gasteiger partial charge in [0.15, 0.2) is 6.10 Å². The molecule has 9 nitrogen and oxygen atoms in total. The van der Waals surface area contributed by atoms with Crippen LogP contribution in [0.4, 0.5) is 0 Å². The average Bonchev–Trinajstić information content (AvgIpc) is 1.56. The van der Waals surface area contributed by atoms with E-state index < -0.39 is 32.5 Å². The molecule has 0 bridgehead atoms. The number of esters is 2.